The number of thiazole rings is 1. The van der Waals surface area contributed by atoms with Gasteiger partial charge in [-0.15, -0.1) is 11.3 Å². The number of aromatic nitrogens is 1. The summed E-state index contributed by atoms with van der Waals surface area (Å²) in [4.78, 5) is 27.1. The second-order valence-electron chi connectivity index (χ2n) is 4.05. The van der Waals surface area contributed by atoms with Gasteiger partial charge in [-0.2, -0.15) is 0 Å². The lowest BCUT2D eigenvalue weighted by atomic mass is 10.3. The third kappa shape index (κ3) is 4.68. The molecule has 8 heteroatoms. The maximum absolute atomic E-state index is 11.8. The molecule has 1 heterocycles. The molecule has 0 saturated heterocycles. The first-order valence-corrected chi connectivity index (χ1v) is 8.72. The van der Waals surface area contributed by atoms with Gasteiger partial charge in [0.15, 0.2) is 4.34 Å². The molecule has 0 unspecified atom stereocenters. The molecule has 0 spiro atoms. The summed E-state index contributed by atoms with van der Waals surface area (Å²) in [7, 11) is 0. The fourth-order valence-corrected chi connectivity index (χ4v) is 3.89. The lowest BCUT2D eigenvalue weighted by molar-refractivity contribution is -0.113. The van der Waals surface area contributed by atoms with Gasteiger partial charge in [-0.05, 0) is 47.7 Å². The molecule has 2 aromatic rings. The van der Waals surface area contributed by atoms with E-state index in [2.05, 4.69) is 32.9 Å². The van der Waals surface area contributed by atoms with Crippen molar-refractivity contribution in [3.63, 3.8) is 0 Å². The maximum Gasteiger partial charge on any atom is 0.347 e. The Balaban J connectivity index is 1.92. The molecule has 0 fully saturated rings. The van der Waals surface area contributed by atoms with Crippen molar-refractivity contribution >= 4 is 63.3 Å². The molecule has 0 aliphatic carbocycles. The summed E-state index contributed by atoms with van der Waals surface area (Å²) >= 11 is 4.50. The Morgan fingerprint density at radius 3 is 2.86 bits per heavy atom. The molecule has 2 N–H and O–H groups in total. The van der Waals surface area contributed by atoms with Gasteiger partial charge in [-0.25, -0.2) is 9.78 Å². The third-order valence-electron chi connectivity index (χ3n) is 2.41. The summed E-state index contributed by atoms with van der Waals surface area (Å²) in [6, 6.07) is 7.50. The molecule has 1 aromatic heterocycles. The van der Waals surface area contributed by atoms with Gasteiger partial charge in [0.2, 0.25) is 5.91 Å². The predicted molar refractivity (Wildman–Crippen MR) is 92.3 cm³/mol. The van der Waals surface area contributed by atoms with Crippen LogP contribution in [0, 0.1) is 10.5 Å². The van der Waals surface area contributed by atoms with Crippen LogP contribution in [0.15, 0.2) is 28.6 Å². The number of carbonyl (C=O) groups is 2. The van der Waals surface area contributed by atoms with Gasteiger partial charge < -0.3 is 10.4 Å². The van der Waals surface area contributed by atoms with E-state index in [0.717, 1.165) is 20.6 Å². The minimum absolute atomic E-state index is 0.147. The molecule has 1 aromatic carbocycles. The number of carboxylic acids is 1. The Morgan fingerprint density at radius 2 is 2.24 bits per heavy atom. The highest BCUT2D eigenvalue weighted by Gasteiger charge is 2.15. The molecular weight excluding hydrogens is 423 g/mol. The molecular formula is C13H11IN2O3S2. The van der Waals surface area contributed by atoms with Gasteiger partial charge in [-0.3, -0.25) is 4.79 Å². The number of nitrogens with zero attached hydrogens (tertiary/aromatic N) is 1. The van der Waals surface area contributed by atoms with E-state index >= 15 is 0 Å². The van der Waals surface area contributed by atoms with Crippen molar-refractivity contribution in [1.29, 1.82) is 0 Å². The lowest BCUT2D eigenvalue weighted by Gasteiger charge is -2.04. The first-order valence-electron chi connectivity index (χ1n) is 5.84. The number of aryl methyl sites for hydroxylation is 1. The van der Waals surface area contributed by atoms with Crippen LogP contribution < -0.4 is 5.32 Å². The van der Waals surface area contributed by atoms with Crippen LogP contribution in [0.1, 0.15) is 15.4 Å². The van der Waals surface area contributed by atoms with Crippen molar-refractivity contribution < 1.29 is 14.7 Å². The zero-order valence-corrected chi connectivity index (χ0v) is 14.7. The molecule has 0 aliphatic rings. The van der Waals surface area contributed by atoms with Crippen LogP contribution in [-0.2, 0) is 4.79 Å². The van der Waals surface area contributed by atoms with E-state index in [1.807, 2.05) is 24.3 Å². The smallest absolute Gasteiger partial charge is 0.347 e. The Morgan fingerprint density at radius 1 is 1.48 bits per heavy atom. The van der Waals surface area contributed by atoms with Gasteiger partial charge in [-0.1, -0.05) is 17.8 Å². The number of carboxylic acid groups (broad SMARTS) is 1. The fourth-order valence-electron chi connectivity index (χ4n) is 1.52. The van der Waals surface area contributed by atoms with Crippen LogP contribution in [0.3, 0.4) is 0 Å². The Bertz CT molecular complexity index is 688. The summed E-state index contributed by atoms with van der Waals surface area (Å²) in [5, 5.41) is 11.8. The van der Waals surface area contributed by atoms with Gasteiger partial charge in [0, 0.05) is 9.26 Å². The lowest BCUT2D eigenvalue weighted by Crippen LogP contribution is -2.13. The van der Waals surface area contributed by atoms with Crippen LogP contribution in [0.25, 0.3) is 0 Å². The Hall–Kier alpha value is -1.13. The average Bonchev–Trinajstić information content (AvgIpc) is 2.78. The molecule has 0 bridgehead atoms. The standard InChI is InChI=1S/C13H11IN2O3S2/c1-7-11(12(18)19)21-13(15-7)20-6-10(17)16-9-4-2-3-8(14)5-9/h2-5H,6H2,1H3,(H,16,17)(H,18,19). The summed E-state index contributed by atoms with van der Waals surface area (Å²) in [5.41, 5.74) is 1.22. The third-order valence-corrected chi connectivity index (χ3v) is 5.37. The van der Waals surface area contributed by atoms with E-state index in [1.54, 1.807) is 6.92 Å². The number of rotatable bonds is 5. The van der Waals surface area contributed by atoms with Crippen LogP contribution in [-0.4, -0.2) is 27.7 Å². The molecule has 2 rings (SSSR count). The SMILES string of the molecule is Cc1nc(SCC(=O)Nc2cccc(I)c2)sc1C(=O)O. The normalized spacial score (nSPS) is 10.4. The monoisotopic (exact) mass is 434 g/mol. The zero-order chi connectivity index (χ0) is 15.4. The largest absolute Gasteiger partial charge is 0.477 e. The van der Waals surface area contributed by atoms with Crippen molar-refractivity contribution in [1.82, 2.24) is 4.98 Å². The summed E-state index contributed by atoms with van der Waals surface area (Å²) in [5.74, 6) is -0.941. The number of anilines is 1. The summed E-state index contributed by atoms with van der Waals surface area (Å²) in [6.45, 7) is 1.65. The Labute approximate surface area is 143 Å². The van der Waals surface area contributed by atoms with E-state index in [0.29, 0.717) is 10.0 Å². The van der Waals surface area contributed by atoms with Crippen molar-refractivity contribution in [2.75, 3.05) is 11.1 Å². The molecule has 21 heavy (non-hydrogen) atoms. The molecule has 1 amide bonds. The second-order valence-corrected chi connectivity index (χ2v) is 7.51. The van der Waals surface area contributed by atoms with E-state index in [1.165, 1.54) is 11.8 Å². The number of hydrogen-bond acceptors (Lipinski definition) is 5. The zero-order valence-electron chi connectivity index (χ0n) is 10.9. The fraction of sp³-hybridized carbons (Fsp3) is 0.154. The van der Waals surface area contributed by atoms with E-state index in [-0.39, 0.29) is 16.5 Å². The number of hydrogen-bond donors (Lipinski definition) is 2. The van der Waals surface area contributed by atoms with Crippen LogP contribution in [0.2, 0.25) is 0 Å². The quantitative estimate of drug-likeness (QED) is 0.557. The van der Waals surface area contributed by atoms with Crippen LogP contribution >= 0.6 is 45.7 Å². The summed E-state index contributed by atoms with van der Waals surface area (Å²) in [6.07, 6.45) is 0. The maximum atomic E-state index is 11.8. The topological polar surface area (TPSA) is 79.3 Å². The van der Waals surface area contributed by atoms with Crippen LogP contribution in [0.4, 0.5) is 5.69 Å². The van der Waals surface area contributed by atoms with Crippen molar-refractivity contribution in [3.8, 4) is 0 Å². The molecule has 0 radical (unpaired) electrons. The van der Waals surface area contributed by atoms with Crippen molar-refractivity contribution in [3.05, 3.63) is 38.4 Å². The van der Waals surface area contributed by atoms with Crippen LogP contribution in [0.5, 0.6) is 0 Å². The molecule has 0 saturated carbocycles. The number of nitrogens with one attached hydrogen (secondary N) is 1. The first kappa shape index (κ1) is 16.2. The second kappa shape index (κ2) is 7.23. The van der Waals surface area contributed by atoms with Gasteiger partial charge >= 0.3 is 5.97 Å². The molecule has 110 valence electrons. The van der Waals surface area contributed by atoms with Crippen molar-refractivity contribution in [2.45, 2.75) is 11.3 Å². The molecule has 0 aliphatic heterocycles. The van der Waals surface area contributed by atoms with Gasteiger partial charge in [0.1, 0.15) is 4.88 Å². The number of thioether (sulfide) groups is 1. The van der Waals surface area contributed by atoms with Gasteiger partial charge in [0.25, 0.3) is 0 Å². The van der Waals surface area contributed by atoms with Crippen molar-refractivity contribution in [2.24, 2.45) is 0 Å². The van der Waals surface area contributed by atoms with E-state index in [4.69, 9.17) is 5.11 Å². The number of carbonyl (C=O) groups excluding carboxylic acids is 1. The number of benzene rings is 1. The molecule has 0 atom stereocenters. The Kier molecular flexibility index (Phi) is 5.59. The highest BCUT2D eigenvalue weighted by molar-refractivity contribution is 14.1. The minimum Gasteiger partial charge on any atom is -0.477 e. The number of aromatic carboxylic acids is 1. The van der Waals surface area contributed by atoms with Gasteiger partial charge in [0.05, 0.1) is 11.4 Å². The summed E-state index contributed by atoms with van der Waals surface area (Å²) < 4.78 is 1.63. The highest BCUT2D eigenvalue weighted by atomic mass is 127. The number of halogens is 1. The van der Waals surface area contributed by atoms with E-state index < -0.39 is 5.97 Å². The minimum atomic E-state index is -0.986. The first-order chi connectivity index (χ1) is 9.95. The number of amides is 1. The average molecular weight is 434 g/mol. The molecule has 5 nitrogen and oxygen atoms in total. The van der Waals surface area contributed by atoms with E-state index in [9.17, 15) is 9.59 Å². The highest BCUT2D eigenvalue weighted by Crippen LogP contribution is 2.27. The predicted octanol–water partition coefficient (Wildman–Crippen LogP) is 3.49.